The normalized spacial score (nSPS) is 12.2. The predicted octanol–water partition coefficient (Wildman–Crippen LogP) is -0.118. The number of nitrogens with one attached hydrogen (secondary N) is 1. The van der Waals surface area contributed by atoms with Crippen molar-refractivity contribution in [3.8, 4) is 0 Å². The first-order valence-corrected chi connectivity index (χ1v) is 5.41. The summed E-state index contributed by atoms with van der Waals surface area (Å²) >= 11 is 0. The van der Waals surface area contributed by atoms with Crippen molar-refractivity contribution in [2.75, 3.05) is 20.3 Å². The van der Waals surface area contributed by atoms with Crippen LogP contribution in [0.3, 0.4) is 0 Å². The minimum Gasteiger partial charge on any atom is -0.389 e. The van der Waals surface area contributed by atoms with Crippen LogP contribution in [0.15, 0.2) is 24.3 Å². The number of rotatable bonds is 6. The molecule has 1 unspecified atom stereocenters. The Labute approximate surface area is 101 Å². The highest BCUT2D eigenvalue weighted by Gasteiger charge is 2.08. The summed E-state index contributed by atoms with van der Waals surface area (Å²) in [6, 6.07) is 7.03. The molecule has 1 aromatic carbocycles. The highest BCUT2D eigenvalue weighted by atomic mass is 16.5. The third-order valence-corrected chi connectivity index (χ3v) is 2.31. The van der Waals surface area contributed by atoms with Crippen LogP contribution < -0.4 is 11.1 Å². The van der Waals surface area contributed by atoms with E-state index >= 15 is 0 Å². The number of amides is 1. The van der Waals surface area contributed by atoms with E-state index in [1.54, 1.807) is 24.3 Å². The lowest BCUT2D eigenvalue weighted by molar-refractivity contribution is 0.0610. The molecule has 0 radical (unpaired) electrons. The Balaban J connectivity index is 2.46. The van der Waals surface area contributed by atoms with Crippen LogP contribution >= 0.6 is 0 Å². The highest BCUT2D eigenvalue weighted by Crippen LogP contribution is 2.03. The fourth-order valence-electron chi connectivity index (χ4n) is 1.36. The third kappa shape index (κ3) is 4.52. The van der Waals surface area contributed by atoms with Crippen LogP contribution in [-0.2, 0) is 11.3 Å². The van der Waals surface area contributed by atoms with Gasteiger partial charge in [-0.25, -0.2) is 0 Å². The molecular weight excluding hydrogens is 220 g/mol. The number of nitrogens with two attached hydrogens (primary N) is 1. The molecule has 4 N–H and O–H groups in total. The summed E-state index contributed by atoms with van der Waals surface area (Å²) in [4.78, 5) is 11.7. The molecular formula is C12H18N2O3. The first-order chi connectivity index (χ1) is 8.17. The van der Waals surface area contributed by atoms with Crippen molar-refractivity contribution in [3.05, 3.63) is 35.4 Å². The Bertz CT molecular complexity index is 351. The number of hydrogen-bond donors (Lipinski definition) is 3. The van der Waals surface area contributed by atoms with E-state index < -0.39 is 6.10 Å². The van der Waals surface area contributed by atoms with Gasteiger partial charge in [0.25, 0.3) is 5.91 Å². The van der Waals surface area contributed by atoms with Crippen LogP contribution in [-0.4, -0.2) is 37.4 Å². The summed E-state index contributed by atoms with van der Waals surface area (Å²) in [7, 11) is 1.50. The van der Waals surface area contributed by atoms with Gasteiger partial charge in [0.1, 0.15) is 0 Å². The molecule has 0 aliphatic carbocycles. The maximum Gasteiger partial charge on any atom is 0.251 e. The van der Waals surface area contributed by atoms with Gasteiger partial charge in [-0.15, -0.1) is 0 Å². The summed E-state index contributed by atoms with van der Waals surface area (Å²) in [5.74, 6) is -0.219. The summed E-state index contributed by atoms with van der Waals surface area (Å²) < 4.78 is 4.76. The Morgan fingerprint density at radius 1 is 1.47 bits per heavy atom. The maximum absolute atomic E-state index is 11.7. The van der Waals surface area contributed by atoms with E-state index in [0.717, 1.165) is 5.56 Å². The minimum absolute atomic E-state index is 0.172. The SMILES string of the molecule is COCC(O)CNC(=O)c1ccc(CN)cc1. The van der Waals surface area contributed by atoms with Crippen LogP contribution in [0, 0.1) is 0 Å². The van der Waals surface area contributed by atoms with Gasteiger partial charge in [0, 0.05) is 25.8 Å². The summed E-state index contributed by atoms with van der Waals surface area (Å²) in [5.41, 5.74) is 6.98. The molecule has 5 nitrogen and oxygen atoms in total. The average Bonchev–Trinajstić information content (AvgIpc) is 2.36. The highest BCUT2D eigenvalue weighted by molar-refractivity contribution is 5.94. The molecule has 0 bridgehead atoms. The van der Waals surface area contributed by atoms with E-state index in [2.05, 4.69) is 5.32 Å². The molecule has 1 atom stereocenters. The summed E-state index contributed by atoms with van der Waals surface area (Å²) in [6.45, 7) is 0.826. The predicted molar refractivity (Wildman–Crippen MR) is 64.5 cm³/mol. The molecule has 0 aliphatic rings. The van der Waals surface area contributed by atoms with Crippen molar-refractivity contribution in [1.29, 1.82) is 0 Å². The second-order valence-electron chi connectivity index (χ2n) is 3.72. The van der Waals surface area contributed by atoms with E-state index in [0.29, 0.717) is 12.1 Å². The van der Waals surface area contributed by atoms with E-state index in [9.17, 15) is 9.90 Å². The second kappa shape index (κ2) is 7.01. The molecule has 0 saturated carbocycles. The quantitative estimate of drug-likeness (QED) is 0.645. The van der Waals surface area contributed by atoms with Gasteiger partial charge < -0.3 is 20.9 Å². The van der Waals surface area contributed by atoms with Crippen LogP contribution in [0.1, 0.15) is 15.9 Å². The molecule has 0 aliphatic heterocycles. The Morgan fingerprint density at radius 2 is 2.12 bits per heavy atom. The molecule has 1 rings (SSSR count). The molecule has 17 heavy (non-hydrogen) atoms. The monoisotopic (exact) mass is 238 g/mol. The lowest BCUT2D eigenvalue weighted by Gasteiger charge is -2.10. The molecule has 1 aromatic rings. The van der Waals surface area contributed by atoms with Crippen molar-refractivity contribution in [1.82, 2.24) is 5.32 Å². The molecule has 0 saturated heterocycles. The van der Waals surface area contributed by atoms with Gasteiger partial charge >= 0.3 is 0 Å². The Hall–Kier alpha value is -1.43. The summed E-state index contributed by atoms with van der Waals surface area (Å²) in [6.07, 6.45) is -0.688. The van der Waals surface area contributed by atoms with Crippen molar-refractivity contribution >= 4 is 5.91 Å². The fraction of sp³-hybridized carbons (Fsp3) is 0.417. The molecule has 0 heterocycles. The molecule has 5 heteroatoms. The molecule has 0 aromatic heterocycles. The van der Waals surface area contributed by atoms with Crippen LogP contribution in [0.25, 0.3) is 0 Å². The van der Waals surface area contributed by atoms with Gasteiger partial charge in [0.15, 0.2) is 0 Å². The lowest BCUT2D eigenvalue weighted by atomic mass is 10.1. The van der Waals surface area contributed by atoms with E-state index in [4.69, 9.17) is 10.5 Å². The van der Waals surface area contributed by atoms with Gasteiger partial charge in [-0.1, -0.05) is 12.1 Å². The lowest BCUT2D eigenvalue weighted by Crippen LogP contribution is -2.34. The van der Waals surface area contributed by atoms with Gasteiger partial charge in [0.05, 0.1) is 12.7 Å². The number of aliphatic hydroxyl groups excluding tert-OH is 1. The smallest absolute Gasteiger partial charge is 0.251 e. The molecule has 0 fully saturated rings. The topological polar surface area (TPSA) is 84.6 Å². The van der Waals surface area contributed by atoms with E-state index in [1.807, 2.05) is 0 Å². The first kappa shape index (κ1) is 13.6. The maximum atomic E-state index is 11.7. The number of aliphatic hydroxyl groups is 1. The largest absolute Gasteiger partial charge is 0.389 e. The van der Waals surface area contributed by atoms with Gasteiger partial charge in [-0.05, 0) is 17.7 Å². The second-order valence-corrected chi connectivity index (χ2v) is 3.72. The standard InChI is InChI=1S/C12H18N2O3/c1-17-8-11(15)7-14-12(16)10-4-2-9(6-13)3-5-10/h2-5,11,15H,6-8,13H2,1H3,(H,14,16). The van der Waals surface area contributed by atoms with Crippen molar-refractivity contribution < 1.29 is 14.6 Å². The molecule has 1 amide bonds. The number of carbonyl (C=O) groups excluding carboxylic acids is 1. The summed E-state index contributed by atoms with van der Waals surface area (Å²) in [5, 5.41) is 12.0. The van der Waals surface area contributed by atoms with Gasteiger partial charge in [-0.3, -0.25) is 4.79 Å². The van der Waals surface area contributed by atoms with E-state index in [1.165, 1.54) is 7.11 Å². The van der Waals surface area contributed by atoms with E-state index in [-0.39, 0.29) is 19.1 Å². The van der Waals surface area contributed by atoms with Crippen molar-refractivity contribution in [3.63, 3.8) is 0 Å². The number of methoxy groups -OCH3 is 1. The number of benzene rings is 1. The Kier molecular flexibility index (Phi) is 5.62. The van der Waals surface area contributed by atoms with Crippen LogP contribution in [0.2, 0.25) is 0 Å². The zero-order valence-electron chi connectivity index (χ0n) is 9.85. The third-order valence-electron chi connectivity index (χ3n) is 2.31. The van der Waals surface area contributed by atoms with Crippen molar-refractivity contribution in [2.45, 2.75) is 12.6 Å². The number of carbonyl (C=O) groups is 1. The Morgan fingerprint density at radius 3 is 2.65 bits per heavy atom. The average molecular weight is 238 g/mol. The van der Waals surface area contributed by atoms with Crippen LogP contribution in [0.4, 0.5) is 0 Å². The molecule has 0 spiro atoms. The molecule has 94 valence electrons. The fourth-order valence-corrected chi connectivity index (χ4v) is 1.36. The van der Waals surface area contributed by atoms with Crippen LogP contribution in [0.5, 0.6) is 0 Å². The number of hydrogen-bond acceptors (Lipinski definition) is 4. The number of ether oxygens (including phenoxy) is 1. The van der Waals surface area contributed by atoms with Gasteiger partial charge in [0.2, 0.25) is 0 Å². The first-order valence-electron chi connectivity index (χ1n) is 5.41. The zero-order valence-corrected chi connectivity index (χ0v) is 9.85. The minimum atomic E-state index is -0.688. The van der Waals surface area contributed by atoms with Crippen molar-refractivity contribution in [2.24, 2.45) is 5.73 Å². The van der Waals surface area contributed by atoms with Gasteiger partial charge in [-0.2, -0.15) is 0 Å². The zero-order chi connectivity index (χ0) is 12.7.